The Labute approximate surface area is 103 Å². The van der Waals surface area contributed by atoms with Crippen LogP contribution in [0, 0.1) is 5.41 Å². The van der Waals surface area contributed by atoms with Crippen LogP contribution in [0.2, 0.25) is 0 Å². The van der Waals surface area contributed by atoms with Crippen LogP contribution < -0.4 is 5.32 Å². The Balaban J connectivity index is 4.17. The van der Waals surface area contributed by atoms with Crippen molar-refractivity contribution in [3.8, 4) is 0 Å². The Kier molecular flexibility index (Phi) is 8.04. The van der Waals surface area contributed by atoms with E-state index in [9.17, 15) is 0 Å². The van der Waals surface area contributed by atoms with Gasteiger partial charge in [0.2, 0.25) is 0 Å². The van der Waals surface area contributed by atoms with Crippen LogP contribution in [0.1, 0.15) is 54.4 Å². The summed E-state index contributed by atoms with van der Waals surface area (Å²) in [6.45, 7) is 18.5. The molecule has 1 atom stereocenters. The summed E-state index contributed by atoms with van der Waals surface area (Å²) < 4.78 is 0. The van der Waals surface area contributed by atoms with E-state index in [4.69, 9.17) is 0 Å². The van der Waals surface area contributed by atoms with Gasteiger partial charge in [-0.25, -0.2) is 0 Å². The van der Waals surface area contributed by atoms with Crippen LogP contribution in [-0.2, 0) is 0 Å². The lowest BCUT2D eigenvalue weighted by Gasteiger charge is -2.37. The zero-order valence-corrected chi connectivity index (χ0v) is 12.3. The molecule has 0 spiro atoms. The highest BCUT2D eigenvalue weighted by Gasteiger charge is 2.27. The molecule has 0 aromatic heterocycles. The highest BCUT2D eigenvalue weighted by molar-refractivity contribution is 4.83. The lowest BCUT2D eigenvalue weighted by Crippen LogP contribution is -2.47. The Morgan fingerprint density at radius 2 is 1.75 bits per heavy atom. The van der Waals surface area contributed by atoms with Crippen molar-refractivity contribution in [3.05, 3.63) is 0 Å². The Hall–Kier alpha value is -0.0800. The van der Waals surface area contributed by atoms with E-state index in [0.29, 0.717) is 11.5 Å². The van der Waals surface area contributed by atoms with Crippen molar-refractivity contribution in [2.45, 2.75) is 60.4 Å². The largest absolute Gasteiger partial charge is 0.314 e. The molecular formula is C14H32N2. The summed E-state index contributed by atoms with van der Waals surface area (Å²) >= 11 is 0. The lowest BCUT2D eigenvalue weighted by atomic mass is 9.84. The van der Waals surface area contributed by atoms with Crippen molar-refractivity contribution in [3.63, 3.8) is 0 Å². The predicted molar refractivity (Wildman–Crippen MR) is 73.9 cm³/mol. The van der Waals surface area contributed by atoms with E-state index >= 15 is 0 Å². The molecule has 1 unspecified atom stereocenters. The molecule has 98 valence electrons. The molecule has 16 heavy (non-hydrogen) atoms. The number of rotatable bonds is 9. The van der Waals surface area contributed by atoms with Gasteiger partial charge in [0.1, 0.15) is 0 Å². The van der Waals surface area contributed by atoms with Crippen LogP contribution in [0.5, 0.6) is 0 Å². The molecular weight excluding hydrogens is 196 g/mol. The average molecular weight is 228 g/mol. The van der Waals surface area contributed by atoms with Gasteiger partial charge in [-0.2, -0.15) is 0 Å². The summed E-state index contributed by atoms with van der Waals surface area (Å²) in [5.41, 5.74) is 0.348. The van der Waals surface area contributed by atoms with Crippen molar-refractivity contribution in [2.75, 3.05) is 26.2 Å². The summed E-state index contributed by atoms with van der Waals surface area (Å²) in [6.07, 6.45) is 2.47. The number of nitrogens with zero attached hydrogens (tertiary/aromatic N) is 1. The third-order valence-corrected chi connectivity index (χ3v) is 3.49. The lowest BCUT2D eigenvalue weighted by molar-refractivity contribution is 0.147. The third-order valence-electron chi connectivity index (χ3n) is 3.49. The standard InChI is InChI=1S/C14H32N2/c1-7-10-15-13(4)14(5,6)12-16(9-3)11-8-2/h13,15H,7-12H2,1-6H3. The van der Waals surface area contributed by atoms with Gasteiger partial charge in [0, 0.05) is 12.6 Å². The molecule has 0 radical (unpaired) electrons. The fourth-order valence-corrected chi connectivity index (χ4v) is 2.02. The summed E-state index contributed by atoms with van der Waals surface area (Å²) in [7, 11) is 0. The minimum absolute atomic E-state index is 0.348. The molecule has 2 heteroatoms. The van der Waals surface area contributed by atoms with Crippen LogP contribution in [0.25, 0.3) is 0 Å². The first kappa shape index (κ1) is 15.9. The molecule has 0 heterocycles. The summed E-state index contributed by atoms with van der Waals surface area (Å²) in [5.74, 6) is 0. The summed E-state index contributed by atoms with van der Waals surface area (Å²) in [6, 6.07) is 0.582. The maximum atomic E-state index is 3.62. The Morgan fingerprint density at radius 3 is 2.19 bits per heavy atom. The van der Waals surface area contributed by atoms with Crippen molar-refractivity contribution in [1.29, 1.82) is 0 Å². The number of hydrogen-bond acceptors (Lipinski definition) is 2. The van der Waals surface area contributed by atoms with E-state index < -0.39 is 0 Å². The molecule has 0 aromatic rings. The van der Waals surface area contributed by atoms with Crippen LogP contribution in [-0.4, -0.2) is 37.1 Å². The van der Waals surface area contributed by atoms with Crippen LogP contribution in [0.4, 0.5) is 0 Å². The second-order valence-electron chi connectivity index (χ2n) is 5.53. The van der Waals surface area contributed by atoms with E-state index in [-0.39, 0.29) is 0 Å². The van der Waals surface area contributed by atoms with Crippen molar-refractivity contribution >= 4 is 0 Å². The molecule has 0 fully saturated rings. The molecule has 2 nitrogen and oxygen atoms in total. The summed E-state index contributed by atoms with van der Waals surface area (Å²) in [4.78, 5) is 2.56. The van der Waals surface area contributed by atoms with Gasteiger partial charge < -0.3 is 10.2 Å². The van der Waals surface area contributed by atoms with Gasteiger partial charge >= 0.3 is 0 Å². The molecule has 0 aliphatic rings. The van der Waals surface area contributed by atoms with Gasteiger partial charge in [-0.15, -0.1) is 0 Å². The first-order chi connectivity index (χ1) is 7.47. The average Bonchev–Trinajstić information content (AvgIpc) is 2.24. The Morgan fingerprint density at radius 1 is 1.12 bits per heavy atom. The topological polar surface area (TPSA) is 15.3 Å². The maximum absolute atomic E-state index is 3.62. The quantitative estimate of drug-likeness (QED) is 0.652. The smallest absolute Gasteiger partial charge is 0.0102 e. The van der Waals surface area contributed by atoms with Crippen molar-refractivity contribution in [1.82, 2.24) is 10.2 Å². The zero-order valence-electron chi connectivity index (χ0n) is 12.3. The molecule has 0 saturated carbocycles. The molecule has 1 N–H and O–H groups in total. The molecule has 0 rings (SSSR count). The minimum Gasteiger partial charge on any atom is -0.314 e. The SMILES string of the molecule is CCCNC(C)C(C)(C)CN(CC)CCC. The van der Waals surface area contributed by atoms with Crippen LogP contribution in [0.3, 0.4) is 0 Å². The normalized spacial score (nSPS) is 14.4. The first-order valence-corrected chi connectivity index (χ1v) is 6.93. The third kappa shape index (κ3) is 5.86. The van der Waals surface area contributed by atoms with Gasteiger partial charge in [0.15, 0.2) is 0 Å². The Bertz CT molecular complexity index is 166. The van der Waals surface area contributed by atoms with E-state index in [2.05, 4.69) is 51.8 Å². The fourth-order valence-electron chi connectivity index (χ4n) is 2.02. The highest BCUT2D eigenvalue weighted by atomic mass is 15.1. The van der Waals surface area contributed by atoms with Crippen molar-refractivity contribution < 1.29 is 0 Å². The zero-order chi connectivity index (χ0) is 12.6. The van der Waals surface area contributed by atoms with Gasteiger partial charge in [-0.3, -0.25) is 0 Å². The molecule has 0 aliphatic heterocycles. The van der Waals surface area contributed by atoms with Crippen LogP contribution in [0.15, 0.2) is 0 Å². The van der Waals surface area contributed by atoms with E-state index in [0.717, 1.165) is 13.1 Å². The van der Waals surface area contributed by atoms with Crippen molar-refractivity contribution in [2.24, 2.45) is 5.41 Å². The summed E-state index contributed by atoms with van der Waals surface area (Å²) in [5, 5.41) is 3.62. The molecule has 0 amide bonds. The number of hydrogen-bond donors (Lipinski definition) is 1. The van der Waals surface area contributed by atoms with E-state index in [1.165, 1.54) is 25.9 Å². The van der Waals surface area contributed by atoms with Crippen LogP contribution >= 0.6 is 0 Å². The van der Waals surface area contributed by atoms with Gasteiger partial charge in [0.25, 0.3) is 0 Å². The van der Waals surface area contributed by atoms with E-state index in [1.807, 2.05) is 0 Å². The number of nitrogens with one attached hydrogen (secondary N) is 1. The van der Waals surface area contributed by atoms with E-state index in [1.54, 1.807) is 0 Å². The molecule has 0 bridgehead atoms. The second kappa shape index (κ2) is 8.08. The second-order valence-corrected chi connectivity index (χ2v) is 5.53. The fraction of sp³-hybridized carbons (Fsp3) is 1.00. The first-order valence-electron chi connectivity index (χ1n) is 6.93. The molecule has 0 aromatic carbocycles. The minimum atomic E-state index is 0.348. The predicted octanol–water partition coefficient (Wildman–Crippen LogP) is 3.13. The van der Waals surface area contributed by atoms with Gasteiger partial charge in [0.05, 0.1) is 0 Å². The van der Waals surface area contributed by atoms with Gasteiger partial charge in [-0.05, 0) is 44.8 Å². The monoisotopic (exact) mass is 228 g/mol. The van der Waals surface area contributed by atoms with Gasteiger partial charge in [-0.1, -0.05) is 34.6 Å². The highest BCUT2D eigenvalue weighted by Crippen LogP contribution is 2.22. The maximum Gasteiger partial charge on any atom is 0.0102 e. The molecule has 0 aliphatic carbocycles. The molecule has 0 saturated heterocycles.